The highest BCUT2D eigenvalue weighted by molar-refractivity contribution is 7.99. The third-order valence-corrected chi connectivity index (χ3v) is 6.07. The van der Waals surface area contributed by atoms with Crippen LogP contribution in [0, 0.1) is 13.8 Å². The van der Waals surface area contributed by atoms with E-state index in [1.165, 1.54) is 11.8 Å². The van der Waals surface area contributed by atoms with Crippen LogP contribution >= 0.6 is 11.8 Å². The Bertz CT molecular complexity index is 689. The number of aromatic hydroxyl groups is 2. The second-order valence-corrected chi connectivity index (χ2v) is 8.21. The molecule has 0 radical (unpaired) electrons. The van der Waals surface area contributed by atoms with Crippen molar-refractivity contribution in [1.29, 1.82) is 0 Å². The van der Waals surface area contributed by atoms with Crippen molar-refractivity contribution >= 4 is 11.8 Å². The summed E-state index contributed by atoms with van der Waals surface area (Å²) in [6.07, 6.45) is 1.96. The van der Waals surface area contributed by atoms with Crippen molar-refractivity contribution in [2.45, 2.75) is 76.0 Å². The smallest absolute Gasteiger partial charge is 0.132 e. The standard InChI is InChI=1S/C22H30O2S/c1-7-15(5)17-9-13(3)11-19(21(17)23)25-20-12-14(4)10-18(22(20)24)16(6)8-2/h9-12,15-16,23-24H,7-8H2,1-6H3. The molecule has 25 heavy (non-hydrogen) atoms. The lowest BCUT2D eigenvalue weighted by Crippen LogP contribution is -1.96. The fraction of sp³-hybridized carbons (Fsp3) is 0.455. The Morgan fingerprint density at radius 2 is 1.12 bits per heavy atom. The van der Waals surface area contributed by atoms with Crippen molar-refractivity contribution in [3.8, 4) is 11.5 Å². The van der Waals surface area contributed by atoms with E-state index in [2.05, 4.69) is 53.7 Å². The van der Waals surface area contributed by atoms with Crippen LogP contribution in [0.5, 0.6) is 11.5 Å². The van der Waals surface area contributed by atoms with Gasteiger partial charge < -0.3 is 10.2 Å². The molecule has 0 saturated carbocycles. The van der Waals surface area contributed by atoms with Gasteiger partial charge in [-0.15, -0.1) is 0 Å². The molecule has 0 aliphatic heterocycles. The van der Waals surface area contributed by atoms with Crippen LogP contribution in [0.25, 0.3) is 0 Å². The van der Waals surface area contributed by atoms with E-state index in [9.17, 15) is 10.2 Å². The van der Waals surface area contributed by atoms with Crippen molar-refractivity contribution in [2.75, 3.05) is 0 Å². The van der Waals surface area contributed by atoms with Gasteiger partial charge >= 0.3 is 0 Å². The third kappa shape index (κ3) is 4.33. The number of hydrogen-bond acceptors (Lipinski definition) is 3. The first kappa shape index (κ1) is 19.7. The molecular weight excluding hydrogens is 328 g/mol. The van der Waals surface area contributed by atoms with E-state index in [-0.39, 0.29) is 0 Å². The van der Waals surface area contributed by atoms with Gasteiger partial charge in [-0.25, -0.2) is 0 Å². The predicted octanol–water partition coefficient (Wildman–Crippen LogP) is 6.89. The molecule has 136 valence electrons. The van der Waals surface area contributed by atoms with Gasteiger partial charge in [0.15, 0.2) is 0 Å². The number of phenolic OH excluding ortho intramolecular Hbond substituents is 2. The van der Waals surface area contributed by atoms with Crippen LogP contribution < -0.4 is 0 Å². The maximum atomic E-state index is 10.8. The van der Waals surface area contributed by atoms with Gasteiger partial charge in [0.1, 0.15) is 11.5 Å². The zero-order valence-corrected chi connectivity index (χ0v) is 17.0. The minimum absolute atomic E-state index is 0.307. The van der Waals surface area contributed by atoms with Crippen molar-refractivity contribution in [3.63, 3.8) is 0 Å². The van der Waals surface area contributed by atoms with Crippen molar-refractivity contribution in [1.82, 2.24) is 0 Å². The van der Waals surface area contributed by atoms with Crippen molar-refractivity contribution < 1.29 is 10.2 Å². The van der Waals surface area contributed by atoms with Gasteiger partial charge in [0.05, 0.1) is 9.79 Å². The van der Waals surface area contributed by atoms with Gasteiger partial charge in [0.25, 0.3) is 0 Å². The maximum absolute atomic E-state index is 10.8. The van der Waals surface area contributed by atoms with Crippen LogP contribution in [-0.2, 0) is 0 Å². The summed E-state index contributed by atoms with van der Waals surface area (Å²) in [5.41, 5.74) is 4.23. The maximum Gasteiger partial charge on any atom is 0.132 e. The quantitative estimate of drug-likeness (QED) is 0.590. The molecule has 0 aliphatic carbocycles. The Morgan fingerprint density at radius 3 is 1.44 bits per heavy atom. The highest BCUT2D eigenvalue weighted by Gasteiger charge is 2.18. The van der Waals surface area contributed by atoms with Gasteiger partial charge in [-0.1, -0.05) is 51.6 Å². The summed E-state index contributed by atoms with van der Waals surface area (Å²) in [6, 6.07) is 8.12. The SMILES string of the molecule is CCC(C)c1cc(C)cc(Sc2cc(C)cc(C(C)CC)c2O)c1O. The van der Waals surface area contributed by atoms with E-state index in [1.54, 1.807) is 0 Å². The zero-order valence-electron chi connectivity index (χ0n) is 16.2. The lowest BCUT2D eigenvalue weighted by molar-refractivity contribution is 0.446. The van der Waals surface area contributed by atoms with Crippen LogP contribution in [0.15, 0.2) is 34.1 Å². The van der Waals surface area contributed by atoms with Crippen LogP contribution in [0.4, 0.5) is 0 Å². The molecule has 2 rings (SSSR count). The lowest BCUT2D eigenvalue weighted by Gasteiger charge is -2.18. The Kier molecular flexibility index (Phi) is 6.45. The number of benzene rings is 2. The Labute approximate surface area is 156 Å². The second-order valence-electron chi connectivity index (χ2n) is 7.12. The van der Waals surface area contributed by atoms with E-state index >= 15 is 0 Å². The fourth-order valence-electron chi connectivity index (χ4n) is 3.01. The summed E-state index contributed by atoms with van der Waals surface area (Å²) in [7, 11) is 0. The number of phenols is 2. The molecule has 0 bridgehead atoms. The largest absolute Gasteiger partial charge is 0.506 e. The monoisotopic (exact) mass is 358 g/mol. The molecule has 2 unspecified atom stereocenters. The molecular formula is C22H30O2S. The number of hydrogen-bond donors (Lipinski definition) is 2. The molecule has 0 saturated heterocycles. The molecule has 2 aromatic carbocycles. The van der Waals surface area contributed by atoms with Gasteiger partial charge in [0.2, 0.25) is 0 Å². The van der Waals surface area contributed by atoms with E-state index in [0.29, 0.717) is 23.3 Å². The molecule has 0 heterocycles. The van der Waals surface area contributed by atoms with E-state index in [1.807, 2.05) is 12.1 Å². The van der Waals surface area contributed by atoms with Gasteiger partial charge in [-0.05, 0) is 72.9 Å². The van der Waals surface area contributed by atoms with Crippen LogP contribution in [0.3, 0.4) is 0 Å². The van der Waals surface area contributed by atoms with Crippen LogP contribution in [0.2, 0.25) is 0 Å². The number of rotatable bonds is 6. The van der Waals surface area contributed by atoms with Crippen LogP contribution in [-0.4, -0.2) is 10.2 Å². The van der Waals surface area contributed by atoms with E-state index in [0.717, 1.165) is 44.9 Å². The first-order valence-electron chi connectivity index (χ1n) is 9.13. The Balaban J connectivity index is 2.50. The first-order chi connectivity index (χ1) is 11.8. The molecule has 0 amide bonds. The van der Waals surface area contributed by atoms with E-state index in [4.69, 9.17) is 0 Å². The molecule has 0 aliphatic rings. The normalized spacial score (nSPS) is 13.7. The highest BCUT2D eigenvalue weighted by atomic mass is 32.2. The summed E-state index contributed by atoms with van der Waals surface area (Å²) in [6.45, 7) is 12.6. The van der Waals surface area contributed by atoms with Crippen molar-refractivity contribution in [3.05, 3.63) is 46.5 Å². The third-order valence-electron chi connectivity index (χ3n) is 5.00. The minimum atomic E-state index is 0.307. The average molecular weight is 359 g/mol. The first-order valence-corrected chi connectivity index (χ1v) is 9.94. The summed E-state index contributed by atoms with van der Waals surface area (Å²) in [5.74, 6) is 1.30. The average Bonchev–Trinajstić information content (AvgIpc) is 2.59. The predicted molar refractivity (Wildman–Crippen MR) is 107 cm³/mol. The Morgan fingerprint density at radius 1 is 0.760 bits per heavy atom. The molecule has 0 aromatic heterocycles. The summed E-state index contributed by atoms with van der Waals surface area (Å²) >= 11 is 1.45. The summed E-state index contributed by atoms with van der Waals surface area (Å²) in [4.78, 5) is 1.62. The van der Waals surface area contributed by atoms with Crippen LogP contribution in [0.1, 0.15) is 74.6 Å². The minimum Gasteiger partial charge on any atom is -0.506 e. The topological polar surface area (TPSA) is 40.5 Å². The van der Waals surface area contributed by atoms with E-state index < -0.39 is 0 Å². The van der Waals surface area contributed by atoms with Gasteiger partial charge in [0, 0.05) is 0 Å². The summed E-state index contributed by atoms with van der Waals surface area (Å²) < 4.78 is 0. The van der Waals surface area contributed by atoms with Gasteiger partial charge in [-0.2, -0.15) is 0 Å². The number of aryl methyl sites for hydroxylation is 2. The van der Waals surface area contributed by atoms with Crippen molar-refractivity contribution in [2.24, 2.45) is 0 Å². The molecule has 2 nitrogen and oxygen atoms in total. The molecule has 0 fully saturated rings. The molecule has 2 N–H and O–H groups in total. The molecule has 3 heteroatoms. The lowest BCUT2D eigenvalue weighted by atomic mass is 9.96. The molecule has 0 spiro atoms. The zero-order chi connectivity index (χ0) is 18.7. The second kappa shape index (κ2) is 8.18. The highest BCUT2D eigenvalue weighted by Crippen LogP contribution is 2.45. The Hall–Kier alpha value is -1.61. The summed E-state index contributed by atoms with van der Waals surface area (Å²) in [5, 5.41) is 21.5. The molecule has 2 atom stereocenters. The van der Waals surface area contributed by atoms with Gasteiger partial charge in [-0.3, -0.25) is 0 Å². The fourth-order valence-corrected chi connectivity index (χ4v) is 4.17. The molecule has 2 aromatic rings.